The molecule has 0 aliphatic carbocycles. The molecule has 1 N–H and O–H groups in total. The number of aromatic nitrogens is 4. The van der Waals surface area contributed by atoms with Gasteiger partial charge in [-0.25, -0.2) is 4.98 Å². The summed E-state index contributed by atoms with van der Waals surface area (Å²) in [6.45, 7) is 5.74. The Morgan fingerprint density at radius 1 is 1.12 bits per heavy atom. The second-order valence-electron chi connectivity index (χ2n) is 9.58. The number of aliphatic hydroxyl groups excluding tert-OH is 1. The predicted molar refractivity (Wildman–Crippen MR) is 168 cm³/mol. The van der Waals surface area contributed by atoms with Gasteiger partial charge in [0, 0.05) is 17.0 Å². The van der Waals surface area contributed by atoms with Crippen molar-refractivity contribution in [1.82, 2.24) is 19.6 Å². The molecule has 1 fully saturated rings. The summed E-state index contributed by atoms with van der Waals surface area (Å²) in [5, 5.41) is 21.2. The molecule has 3 aromatic heterocycles. The van der Waals surface area contributed by atoms with Gasteiger partial charge in [-0.15, -0.1) is 10.2 Å². The second kappa shape index (κ2) is 12.0. The van der Waals surface area contributed by atoms with Gasteiger partial charge in [-0.05, 0) is 54.4 Å². The number of hydrogen-bond donors (Lipinski definition) is 1. The third-order valence-corrected chi connectivity index (χ3v) is 9.19. The summed E-state index contributed by atoms with van der Waals surface area (Å²) in [7, 11) is 0. The molecule has 1 aliphatic heterocycles. The van der Waals surface area contributed by atoms with Gasteiger partial charge in [-0.1, -0.05) is 77.7 Å². The van der Waals surface area contributed by atoms with Gasteiger partial charge in [0.25, 0.3) is 5.78 Å². The van der Waals surface area contributed by atoms with Crippen LogP contribution >= 0.6 is 34.7 Å². The van der Waals surface area contributed by atoms with Crippen LogP contribution in [0.2, 0.25) is 5.02 Å². The van der Waals surface area contributed by atoms with Crippen molar-refractivity contribution in [2.45, 2.75) is 23.1 Å². The molecule has 12 heteroatoms. The van der Waals surface area contributed by atoms with E-state index >= 15 is 0 Å². The van der Waals surface area contributed by atoms with Gasteiger partial charge in [0.05, 0.1) is 17.3 Å². The van der Waals surface area contributed by atoms with Crippen LogP contribution in [0.3, 0.4) is 0 Å². The lowest BCUT2D eigenvalue weighted by Gasteiger charge is -2.22. The van der Waals surface area contributed by atoms with Crippen molar-refractivity contribution in [2.75, 3.05) is 11.5 Å². The normalized spacial score (nSPS) is 16.2. The van der Waals surface area contributed by atoms with Crippen molar-refractivity contribution in [3.05, 3.63) is 119 Å². The first-order chi connectivity index (χ1) is 20.9. The van der Waals surface area contributed by atoms with Gasteiger partial charge in [0.1, 0.15) is 23.7 Å². The number of pyridine rings is 1. The first-order valence-electron chi connectivity index (χ1n) is 13.1. The number of ketones is 1. The molecule has 1 atom stereocenters. The van der Waals surface area contributed by atoms with Crippen molar-refractivity contribution in [3.8, 4) is 5.75 Å². The smallest absolute Gasteiger partial charge is 0.301 e. The zero-order valence-electron chi connectivity index (χ0n) is 22.8. The molecule has 6 rings (SSSR count). The van der Waals surface area contributed by atoms with E-state index in [1.165, 1.54) is 28.0 Å². The van der Waals surface area contributed by atoms with Crippen LogP contribution in [0.4, 0.5) is 5.13 Å². The van der Waals surface area contributed by atoms with Gasteiger partial charge < -0.3 is 9.84 Å². The van der Waals surface area contributed by atoms with E-state index in [0.29, 0.717) is 50.1 Å². The van der Waals surface area contributed by atoms with Crippen molar-refractivity contribution < 1.29 is 19.4 Å². The van der Waals surface area contributed by atoms with Gasteiger partial charge >= 0.3 is 5.91 Å². The fourth-order valence-corrected chi connectivity index (χ4v) is 6.81. The molecule has 2 aromatic carbocycles. The van der Waals surface area contributed by atoms with E-state index in [2.05, 4.69) is 21.8 Å². The first kappa shape index (κ1) is 28.7. The molecule has 0 spiro atoms. The lowest BCUT2D eigenvalue weighted by atomic mass is 9.96. The van der Waals surface area contributed by atoms with Crippen LogP contribution in [0.25, 0.3) is 11.4 Å². The van der Waals surface area contributed by atoms with Crippen molar-refractivity contribution >= 4 is 62.9 Å². The summed E-state index contributed by atoms with van der Waals surface area (Å²) in [6.07, 6.45) is 3.38. The van der Waals surface area contributed by atoms with E-state index in [0.717, 1.165) is 5.56 Å². The van der Waals surface area contributed by atoms with E-state index in [4.69, 9.17) is 16.3 Å². The fraction of sp³-hybridized carbons (Fsp3) is 0.129. The van der Waals surface area contributed by atoms with Crippen molar-refractivity contribution in [3.63, 3.8) is 0 Å². The molecule has 1 aliphatic rings. The summed E-state index contributed by atoms with van der Waals surface area (Å²) < 4.78 is 7.94. The molecular weight excluding hydrogens is 606 g/mol. The quantitative estimate of drug-likeness (QED) is 0.0483. The minimum Gasteiger partial charge on any atom is -0.505 e. The number of halogens is 1. The highest BCUT2D eigenvalue weighted by molar-refractivity contribution is 8.00. The molecule has 1 unspecified atom stereocenters. The number of thioether (sulfide) groups is 1. The minimum absolute atomic E-state index is 0.0657. The average molecular weight is 630 g/mol. The Kier molecular flexibility index (Phi) is 8.02. The Hall–Kier alpha value is -4.45. The zero-order valence-corrected chi connectivity index (χ0v) is 25.2. The number of amides is 1. The van der Waals surface area contributed by atoms with Gasteiger partial charge in [-0.3, -0.25) is 18.9 Å². The first-order valence-corrected chi connectivity index (χ1v) is 15.3. The largest absolute Gasteiger partial charge is 0.505 e. The summed E-state index contributed by atoms with van der Waals surface area (Å²) in [5.74, 6) is -0.750. The standard InChI is InChI=1S/C31H24ClN5O4S2/c1-3-16-41-22-13-9-20(10-14-22)26-24(27(38)25-18(2)33-23-6-4-5-15-36(23)25)28(39)29(40)37(26)30-34-35-31(43-30)42-17-19-7-11-21(32)12-8-19/h3-15,26,38H,1,16-17H2,2H3/b27-24+. The summed E-state index contributed by atoms with van der Waals surface area (Å²) >= 11 is 8.66. The predicted octanol–water partition coefficient (Wildman–Crippen LogP) is 6.63. The molecule has 43 heavy (non-hydrogen) atoms. The van der Waals surface area contributed by atoms with Crippen LogP contribution in [0.5, 0.6) is 5.75 Å². The Morgan fingerprint density at radius 2 is 1.88 bits per heavy atom. The van der Waals surface area contributed by atoms with Crippen LogP contribution in [0.15, 0.2) is 95.5 Å². The third-order valence-electron chi connectivity index (χ3n) is 6.81. The number of benzene rings is 2. The number of anilines is 1. The summed E-state index contributed by atoms with van der Waals surface area (Å²) in [5.41, 5.74) is 3.02. The Morgan fingerprint density at radius 3 is 2.63 bits per heavy atom. The molecule has 0 radical (unpaired) electrons. The van der Waals surface area contributed by atoms with Gasteiger partial charge in [0.2, 0.25) is 5.13 Å². The number of hydrogen-bond acceptors (Lipinski definition) is 9. The Bertz CT molecular complexity index is 1880. The zero-order chi connectivity index (χ0) is 30.1. The number of carbonyl (C=O) groups is 2. The second-order valence-corrected chi connectivity index (χ2v) is 12.2. The molecule has 9 nitrogen and oxygen atoms in total. The molecule has 0 bridgehead atoms. The van der Waals surface area contributed by atoms with Crippen molar-refractivity contribution in [2.24, 2.45) is 0 Å². The summed E-state index contributed by atoms with van der Waals surface area (Å²) in [6, 6.07) is 19.0. The lowest BCUT2D eigenvalue weighted by molar-refractivity contribution is -0.132. The molecule has 0 saturated carbocycles. The van der Waals surface area contributed by atoms with Gasteiger partial charge in [0.15, 0.2) is 10.1 Å². The number of aryl methyl sites for hydroxylation is 1. The molecule has 5 aromatic rings. The maximum Gasteiger partial charge on any atom is 0.301 e. The van der Waals surface area contributed by atoms with Crippen LogP contribution < -0.4 is 9.64 Å². The molecule has 1 amide bonds. The maximum absolute atomic E-state index is 13.7. The highest BCUT2D eigenvalue weighted by Crippen LogP contribution is 2.44. The number of ether oxygens (including phenoxy) is 1. The Labute approximate surface area is 260 Å². The summed E-state index contributed by atoms with van der Waals surface area (Å²) in [4.78, 5) is 33.1. The van der Waals surface area contributed by atoms with Crippen molar-refractivity contribution in [1.29, 1.82) is 0 Å². The number of fused-ring (bicyclic) bond motifs is 1. The van der Waals surface area contributed by atoms with E-state index in [1.807, 2.05) is 30.3 Å². The van der Waals surface area contributed by atoms with E-state index in [1.54, 1.807) is 60.0 Å². The SMILES string of the molecule is C=CCOc1ccc(C2/C(=C(\O)c3c(C)nc4ccccn34)C(=O)C(=O)N2c2nnc(SCc3ccc(Cl)cc3)s2)cc1. The lowest BCUT2D eigenvalue weighted by Crippen LogP contribution is -2.29. The third kappa shape index (κ3) is 5.54. The number of rotatable bonds is 9. The minimum atomic E-state index is -0.968. The van der Waals surface area contributed by atoms with Crippen LogP contribution in [0, 0.1) is 6.92 Å². The molecular formula is C31H24ClN5O4S2. The fourth-order valence-electron chi connectivity index (χ4n) is 4.86. The van der Waals surface area contributed by atoms with Crippen LogP contribution in [-0.4, -0.2) is 43.0 Å². The molecule has 216 valence electrons. The highest BCUT2D eigenvalue weighted by Gasteiger charge is 2.49. The number of carbonyl (C=O) groups excluding carboxylic acids is 2. The van der Waals surface area contributed by atoms with Gasteiger partial charge in [-0.2, -0.15) is 0 Å². The monoisotopic (exact) mass is 629 g/mol. The molecule has 1 saturated heterocycles. The number of nitrogens with zero attached hydrogens (tertiary/aromatic N) is 5. The topological polar surface area (TPSA) is 110 Å². The van der Waals surface area contributed by atoms with Crippen LogP contribution in [-0.2, 0) is 15.3 Å². The maximum atomic E-state index is 13.7. The number of aliphatic hydroxyl groups is 1. The number of imidazole rings is 1. The van der Waals surface area contributed by atoms with Crippen LogP contribution in [0.1, 0.15) is 28.6 Å². The highest BCUT2D eigenvalue weighted by atomic mass is 35.5. The Balaban J connectivity index is 1.42. The average Bonchev–Trinajstić information content (AvgIpc) is 3.69. The van der Waals surface area contributed by atoms with E-state index in [9.17, 15) is 14.7 Å². The van der Waals surface area contributed by atoms with E-state index in [-0.39, 0.29) is 16.5 Å². The van der Waals surface area contributed by atoms with E-state index < -0.39 is 17.7 Å². The number of Topliss-reactive ketones (excluding diaryl/α,β-unsaturated/α-hetero) is 1. The molecule has 4 heterocycles.